The molecule has 11 rings (SSSR count). The van der Waals surface area contributed by atoms with E-state index in [0.29, 0.717) is 5.82 Å². The molecule has 0 fully saturated rings. The maximum atomic E-state index is 5.37. The summed E-state index contributed by atoms with van der Waals surface area (Å²) in [5.41, 5.74) is 15.7. The second-order valence-corrected chi connectivity index (χ2v) is 14.8. The molecule has 0 aliphatic heterocycles. The fraction of sp³-hybridized carbons (Fsp3) is 0. The maximum absolute atomic E-state index is 5.37. The van der Waals surface area contributed by atoms with E-state index >= 15 is 0 Å². The van der Waals surface area contributed by atoms with Crippen LogP contribution in [-0.2, 0) is 0 Å². The zero-order chi connectivity index (χ0) is 39.1. The van der Waals surface area contributed by atoms with E-state index in [9.17, 15) is 0 Å². The number of hydrogen-bond donors (Lipinski definition) is 0. The minimum Gasteiger partial charge on any atom is -0.307 e. The predicted molar refractivity (Wildman–Crippen MR) is 244 cm³/mol. The number of benzene rings is 8. The van der Waals surface area contributed by atoms with Gasteiger partial charge in [0.05, 0.1) is 33.6 Å². The summed E-state index contributed by atoms with van der Waals surface area (Å²) in [6.45, 7) is 0. The van der Waals surface area contributed by atoms with Crippen LogP contribution in [0.3, 0.4) is 0 Å². The first kappa shape index (κ1) is 34.3. The van der Waals surface area contributed by atoms with Gasteiger partial charge >= 0.3 is 0 Å². The number of nitrogens with zero attached hydrogens (tertiary/aromatic N) is 4. The summed E-state index contributed by atoms with van der Waals surface area (Å²) in [6, 6.07) is 76.6. The Balaban J connectivity index is 1.05. The number of fused-ring (bicyclic) bond motifs is 5. The molecule has 0 atom stereocenters. The van der Waals surface area contributed by atoms with Crippen LogP contribution < -0.4 is 0 Å². The summed E-state index contributed by atoms with van der Waals surface area (Å²) in [6.07, 6.45) is 0. The lowest BCUT2D eigenvalue weighted by Gasteiger charge is -2.13. The topological polar surface area (TPSA) is 43.6 Å². The molecule has 0 radical (unpaired) electrons. The first-order valence-electron chi connectivity index (χ1n) is 19.9. The van der Waals surface area contributed by atoms with Crippen molar-refractivity contribution in [3.8, 4) is 73.1 Å². The third-order valence-electron chi connectivity index (χ3n) is 11.2. The molecule has 0 amide bonds. The van der Waals surface area contributed by atoms with Gasteiger partial charge in [0.25, 0.3) is 0 Å². The summed E-state index contributed by atoms with van der Waals surface area (Å²) in [5.74, 6) is 0.665. The quantitative estimate of drug-likeness (QED) is 0.163. The van der Waals surface area contributed by atoms with Crippen molar-refractivity contribution in [2.24, 2.45) is 0 Å². The monoisotopic (exact) mass is 752 g/mol. The average molecular weight is 753 g/mol. The van der Waals surface area contributed by atoms with Crippen LogP contribution in [0.1, 0.15) is 0 Å². The molecule has 59 heavy (non-hydrogen) atoms. The third kappa shape index (κ3) is 6.24. The van der Waals surface area contributed by atoms with Crippen LogP contribution in [0.15, 0.2) is 218 Å². The van der Waals surface area contributed by atoms with Gasteiger partial charge in [0, 0.05) is 44.1 Å². The van der Waals surface area contributed by atoms with Crippen LogP contribution in [0.2, 0.25) is 0 Å². The molecule has 3 aromatic heterocycles. The fourth-order valence-corrected chi connectivity index (χ4v) is 8.32. The van der Waals surface area contributed by atoms with Gasteiger partial charge in [-0.2, -0.15) is 0 Å². The van der Waals surface area contributed by atoms with E-state index in [1.54, 1.807) is 0 Å². The Morgan fingerprint density at radius 2 is 0.763 bits per heavy atom. The van der Waals surface area contributed by atoms with E-state index in [1.807, 2.05) is 12.1 Å². The Bertz CT molecular complexity index is 3160. The molecule has 3 heterocycles. The second-order valence-electron chi connectivity index (χ2n) is 14.8. The molecule has 0 aliphatic carbocycles. The zero-order valence-corrected chi connectivity index (χ0v) is 32.1. The van der Waals surface area contributed by atoms with Crippen molar-refractivity contribution in [1.82, 2.24) is 19.5 Å². The Labute approximate surface area is 342 Å². The molecule has 0 aliphatic rings. The molecule has 276 valence electrons. The van der Waals surface area contributed by atoms with Crippen molar-refractivity contribution in [2.45, 2.75) is 0 Å². The highest BCUT2D eigenvalue weighted by Crippen LogP contribution is 2.41. The van der Waals surface area contributed by atoms with E-state index in [1.165, 1.54) is 33.0 Å². The number of hydrogen-bond acceptors (Lipinski definition) is 3. The van der Waals surface area contributed by atoms with E-state index in [0.717, 1.165) is 67.0 Å². The van der Waals surface area contributed by atoms with Crippen LogP contribution in [0.4, 0.5) is 0 Å². The lowest BCUT2D eigenvalue weighted by Crippen LogP contribution is -1.98. The molecule has 8 aromatic carbocycles. The van der Waals surface area contributed by atoms with Gasteiger partial charge in [0.1, 0.15) is 0 Å². The molecular formula is C55H36N4. The minimum absolute atomic E-state index is 0.665. The van der Waals surface area contributed by atoms with Crippen LogP contribution in [0.25, 0.3) is 106 Å². The van der Waals surface area contributed by atoms with Crippen LogP contribution in [-0.4, -0.2) is 19.5 Å². The molecular weight excluding hydrogens is 717 g/mol. The minimum atomic E-state index is 0.665. The molecule has 4 nitrogen and oxygen atoms in total. The van der Waals surface area contributed by atoms with Crippen molar-refractivity contribution in [3.63, 3.8) is 0 Å². The Hall–Kier alpha value is -7.95. The van der Waals surface area contributed by atoms with E-state index in [-0.39, 0.29) is 0 Å². The molecule has 0 unspecified atom stereocenters. The van der Waals surface area contributed by atoms with Crippen LogP contribution in [0.5, 0.6) is 0 Å². The van der Waals surface area contributed by atoms with E-state index in [4.69, 9.17) is 15.0 Å². The highest BCUT2D eigenvalue weighted by Gasteiger charge is 2.21. The van der Waals surface area contributed by atoms with Crippen molar-refractivity contribution in [2.75, 3.05) is 0 Å². The number of para-hydroxylation sites is 3. The van der Waals surface area contributed by atoms with E-state index in [2.05, 4.69) is 211 Å². The highest BCUT2D eigenvalue weighted by atomic mass is 15.0. The van der Waals surface area contributed by atoms with E-state index < -0.39 is 0 Å². The molecule has 0 saturated carbocycles. The molecule has 0 N–H and O–H groups in total. The first-order valence-corrected chi connectivity index (χ1v) is 19.9. The molecule has 0 bridgehead atoms. The molecule has 0 spiro atoms. The Morgan fingerprint density at radius 1 is 0.322 bits per heavy atom. The van der Waals surface area contributed by atoms with Gasteiger partial charge in [-0.3, -0.25) is 0 Å². The molecule has 0 saturated heterocycles. The van der Waals surface area contributed by atoms with Gasteiger partial charge in [-0.25, -0.2) is 15.0 Å². The average Bonchev–Trinajstić information content (AvgIpc) is 3.68. The largest absolute Gasteiger partial charge is 0.307 e. The highest BCUT2D eigenvalue weighted by molar-refractivity contribution is 6.23. The Morgan fingerprint density at radius 3 is 1.36 bits per heavy atom. The first-order chi connectivity index (χ1) is 29.2. The summed E-state index contributed by atoms with van der Waals surface area (Å²) in [7, 11) is 0. The number of pyridine rings is 1. The van der Waals surface area contributed by atoms with Gasteiger partial charge in [-0.15, -0.1) is 0 Å². The van der Waals surface area contributed by atoms with Crippen LogP contribution >= 0.6 is 0 Å². The SMILES string of the molecule is c1ccc(-c2ccc(-c3cc(-c4ccc(-c5ccccc5)cc4)nc(-c4ccc(-c5nc6ccccc6c6c7ccccc7n(-c7ccccc7)c56)cc4)n3)cc2)cc1. The standard InChI is InChI=1S/C55H36N4/c1-4-14-37(15-5-1)39-24-28-41(29-25-39)49-36-50(42-30-26-40(27-31-42)38-16-6-2-7-17-38)58-55(57-49)44-34-32-43(33-35-44)53-54-52(46-20-10-12-22-48(46)56-53)47-21-11-13-23-51(47)59(54)45-18-8-3-9-19-45/h1-36H. The smallest absolute Gasteiger partial charge is 0.160 e. The van der Waals surface area contributed by atoms with Crippen LogP contribution in [0, 0.1) is 0 Å². The summed E-state index contributed by atoms with van der Waals surface area (Å²) in [4.78, 5) is 15.8. The molecule has 4 heteroatoms. The fourth-order valence-electron chi connectivity index (χ4n) is 8.32. The zero-order valence-electron chi connectivity index (χ0n) is 32.1. The van der Waals surface area contributed by atoms with Crippen molar-refractivity contribution in [3.05, 3.63) is 218 Å². The van der Waals surface area contributed by atoms with Crippen molar-refractivity contribution < 1.29 is 0 Å². The maximum Gasteiger partial charge on any atom is 0.160 e. The van der Waals surface area contributed by atoms with Crippen molar-refractivity contribution >= 4 is 32.7 Å². The lowest BCUT2D eigenvalue weighted by molar-refractivity contribution is 1.17. The number of aromatic nitrogens is 4. The summed E-state index contributed by atoms with van der Waals surface area (Å²) >= 11 is 0. The predicted octanol–water partition coefficient (Wildman–Crippen LogP) is 14.1. The van der Waals surface area contributed by atoms with Gasteiger partial charge < -0.3 is 4.57 Å². The van der Waals surface area contributed by atoms with Crippen molar-refractivity contribution in [1.29, 1.82) is 0 Å². The van der Waals surface area contributed by atoms with Gasteiger partial charge in [0.15, 0.2) is 5.82 Å². The Kier molecular flexibility index (Phi) is 8.45. The van der Waals surface area contributed by atoms with Gasteiger partial charge in [0.2, 0.25) is 0 Å². The third-order valence-corrected chi connectivity index (χ3v) is 11.2. The van der Waals surface area contributed by atoms with Gasteiger partial charge in [-0.1, -0.05) is 188 Å². The summed E-state index contributed by atoms with van der Waals surface area (Å²) in [5, 5.41) is 3.54. The number of rotatable bonds is 7. The second kappa shape index (κ2) is 14.5. The molecule has 11 aromatic rings. The van der Waals surface area contributed by atoms with Gasteiger partial charge in [-0.05, 0) is 52.6 Å². The normalized spacial score (nSPS) is 11.4. The summed E-state index contributed by atoms with van der Waals surface area (Å²) < 4.78 is 2.36. The lowest BCUT2D eigenvalue weighted by atomic mass is 10.00.